The zero-order valence-electron chi connectivity index (χ0n) is 25.5. The molecule has 0 N–H and O–H groups in total. The van der Waals surface area contributed by atoms with Gasteiger partial charge in [-0.15, -0.1) is 0 Å². The van der Waals surface area contributed by atoms with E-state index < -0.39 is 0 Å². The lowest BCUT2D eigenvalue weighted by Crippen LogP contribution is -2.31. The van der Waals surface area contributed by atoms with Crippen LogP contribution in [0, 0.1) is 29.6 Å². The van der Waals surface area contributed by atoms with E-state index in [-0.39, 0.29) is 55.5 Å². The molecule has 2 fully saturated rings. The smallest absolute Gasteiger partial charge is 0.308 e. The van der Waals surface area contributed by atoms with E-state index in [4.69, 9.17) is 14.2 Å². The van der Waals surface area contributed by atoms with Crippen LogP contribution in [0.5, 0.6) is 0 Å². The second-order valence-corrected chi connectivity index (χ2v) is 13.2. The third-order valence-electron chi connectivity index (χ3n) is 8.96. The standard InChI is InChI=1S/C33H57BrO6/c1-3-5-7-11-26-14-18-29(19-15-26)32(36)39-24-28(23-38-31(35)13-9-10-22-34)25-40-33(37)30-20-16-27(17-21-30)12-8-6-4-2/h26-30H,3-25H2,1-2H3. The number of carbonyl (C=O) groups is 3. The highest BCUT2D eigenvalue weighted by atomic mass is 79.9. The van der Waals surface area contributed by atoms with Gasteiger partial charge in [0.2, 0.25) is 0 Å². The number of rotatable bonds is 20. The van der Waals surface area contributed by atoms with Gasteiger partial charge in [-0.05, 0) is 76.0 Å². The fraction of sp³-hybridized carbons (Fsp3) is 0.909. The fourth-order valence-electron chi connectivity index (χ4n) is 6.17. The first-order chi connectivity index (χ1) is 19.5. The molecule has 0 unspecified atom stereocenters. The summed E-state index contributed by atoms with van der Waals surface area (Å²) in [6.45, 7) is 4.78. The molecule has 0 aromatic carbocycles. The molecule has 0 saturated heterocycles. The number of alkyl halides is 1. The maximum atomic E-state index is 12.9. The molecule has 0 aliphatic heterocycles. The molecule has 0 radical (unpaired) electrons. The number of unbranched alkanes of at least 4 members (excludes halogenated alkanes) is 5. The first-order valence-corrected chi connectivity index (χ1v) is 17.6. The van der Waals surface area contributed by atoms with Crippen molar-refractivity contribution in [3.05, 3.63) is 0 Å². The summed E-state index contributed by atoms with van der Waals surface area (Å²) < 4.78 is 16.9. The summed E-state index contributed by atoms with van der Waals surface area (Å²) in [5, 5.41) is 0.857. The summed E-state index contributed by atoms with van der Waals surface area (Å²) in [6.07, 6.45) is 20.1. The van der Waals surface area contributed by atoms with Crippen LogP contribution in [-0.4, -0.2) is 43.1 Å². The fourth-order valence-corrected chi connectivity index (χ4v) is 6.56. The van der Waals surface area contributed by atoms with Crippen molar-refractivity contribution in [2.24, 2.45) is 29.6 Å². The topological polar surface area (TPSA) is 78.9 Å². The molecule has 2 rings (SSSR count). The molecule has 40 heavy (non-hydrogen) atoms. The Morgan fingerprint density at radius 2 is 1.07 bits per heavy atom. The van der Waals surface area contributed by atoms with Gasteiger partial charge in [-0.2, -0.15) is 0 Å². The van der Waals surface area contributed by atoms with Crippen LogP contribution in [0.4, 0.5) is 0 Å². The molecule has 0 amide bonds. The number of esters is 3. The summed E-state index contributed by atoms with van der Waals surface area (Å²) in [5.41, 5.74) is 0. The number of halogens is 1. The van der Waals surface area contributed by atoms with Gasteiger partial charge in [-0.25, -0.2) is 0 Å². The molecule has 232 valence electrons. The van der Waals surface area contributed by atoms with Crippen molar-refractivity contribution in [3.63, 3.8) is 0 Å². The minimum absolute atomic E-state index is 0.0510. The number of carbonyl (C=O) groups excluding carboxylic acids is 3. The average Bonchev–Trinajstić information content (AvgIpc) is 2.97. The van der Waals surface area contributed by atoms with Crippen LogP contribution in [0.15, 0.2) is 0 Å². The van der Waals surface area contributed by atoms with E-state index in [0.717, 1.165) is 81.4 Å². The Kier molecular flexibility index (Phi) is 18.9. The Morgan fingerprint density at radius 1 is 0.625 bits per heavy atom. The van der Waals surface area contributed by atoms with Gasteiger partial charge in [0.05, 0.1) is 17.8 Å². The number of hydrogen-bond donors (Lipinski definition) is 0. The van der Waals surface area contributed by atoms with Gasteiger partial charge in [-0.1, -0.05) is 81.1 Å². The highest BCUT2D eigenvalue weighted by molar-refractivity contribution is 9.09. The van der Waals surface area contributed by atoms with E-state index in [2.05, 4.69) is 29.8 Å². The van der Waals surface area contributed by atoms with E-state index in [1.54, 1.807) is 0 Å². The molecule has 2 aliphatic carbocycles. The quantitative estimate of drug-likeness (QED) is 0.0581. The first-order valence-electron chi connectivity index (χ1n) is 16.5. The normalized spacial score (nSPS) is 23.8. The predicted octanol–water partition coefficient (Wildman–Crippen LogP) is 8.57. The van der Waals surface area contributed by atoms with Gasteiger partial charge in [0.25, 0.3) is 0 Å². The van der Waals surface area contributed by atoms with Crippen LogP contribution < -0.4 is 0 Å². The lowest BCUT2D eigenvalue weighted by molar-refractivity contribution is -0.158. The van der Waals surface area contributed by atoms with Gasteiger partial charge >= 0.3 is 17.9 Å². The van der Waals surface area contributed by atoms with E-state index in [1.807, 2.05) is 0 Å². The van der Waals surface area contributed by atoms with E-state index in [1.165, 1.54) is 51.4 Å². The van der Waals surface area contributed by atoms with Crippen molar-refractivity contribution in [1.29, 1.82) is 0 Å². The summed E-state index contributed by atoms with van der Waals surface area (Å²) in [5.74, 6) is 0.447. The lowest BCUT2D eigenvalue weighted by Gasteiger charge is -2.28. The number of ether oxygens (including phenoxy) is 3. The Hall–Kier alpha value is -1.11. The van der Waals surface area contributed by atoms with Gasteiger partial charge in [0, 0.05) is 11.8 Å². The zero-order chi connectivity index (χ0) is 29.0. The largest absolute Gasteiger partial charge is 0.465 e. The molecule has 2 saturated carbocycles. The van der Waals surface area contributed by atoms with Crippen LogP contribution in [0.1, 0.15) is 136 Å². The molecule has 0 aromatic rings. The van der Waals surface area contributed by atoms with Crippen LogP contribution in [0.3, 0.4) is 0 Å². The molecule has 2 aliphatic rings. The summed E-state index contributed by atoms with van der Waals surface area (Å²) in [6, 6.07) is 0. The van der Waals surface area contributed by atoms with Gasteiger partial charge in [-0.3, -0.25) is 14.4 Å². The third kappa shape index (κ3) is 14.7. The molecular formula is C33H57BrO6. The highest BCUT2D eigenvalue weighted by Gasteiger charge is 2.30. The van der Waals surface area contributed by atoms with Crippen molar-refractivity contribution in [2.45, 2.75) is 136 Å². The van der Waals surface area contributed by atoms with Gasteiger partial charge in [0.1, 0.15) is 19.8 Å². The average molecular weight is 630 g/mol. The van der Waals surface area contributed by atoms with E-state index >= 15 is 0 Å². The second-order valence-electron chi connectivity index (χ2n) is 12.4. The molecule has 0 atom stereocenters. The second kappa shape index (κ2) is 21.6. The maximum Gasteiger partial charge on any atom is 0.308 e. The van der Waals surface area contributed by atoms with Crippen molar-refractivity contribution >= 4 is 33.8 Å². The minimum atomic E-state index is -0.344. The van der Waals surface area contributed by atoms with Crippen molar-refractivity contribution in [2.75, 3.05) is 25.2 Å². The van der Waals surface area contributed by atoms with Crippen molar-refractivity contribution < 1.29 is 28.6 Å². The third-order valence-corrected chi connectivity index (χ3v) is 9.52. The summed E-state index contributed by atoms with van der Waals surface area (Å²) >= 11 is 3.38. The molecule has 0 heterocycles. The Morgan fingerprint density at radius 3 is 1.50 bits per heavy atom. The molecule has 7 heteroatoms. The van der Waals surface area contributed by atoms with Crippen LogP contribution in [0.2, 0.25) is 0 Å². The molecule has 0 aromatic heterocycles. The summed E-state index contributed by atoms with van der Waals surface area (Å²) in [4.78, 5) is 37.9. The Bertz CT molecular complexity index is 651. The van der Waals surface area contributed by atoms with Crippen molar-refractivity contribution in [3.8, 4) is 0 Å². The predicted molar refractivity (Wildman–Crippen MR) is 163 cm³/mol. The molecular weight excluding hydrogens is 572 g/mol. The van der Waals surface area contributed by atoms with E-state index in [9.17, 15) is 14.4 Å². The van der Waals surface area contributed by atoms with E-state index in [0.29, 0.717) is 6.42 Å². The van der Waals surface area contributed by atoms with Crippen molar-refractivity contribution in [1.82, 2.24) is 0 Å². The molecule has 0 spiro atoms. The monoisotopic (exact) mass is 628 g/mol. The van der Waals surface area contributed by atoms with Crippen LogP contribution >= 0.6 is 15.9 Å². The maximum absolute atomic E-state index is 12.9. The lowest BCUT2D eigenvalue weighted by atomic mass is 9.80. The van der Waals surface area contributed by atoms with Crippen LogP contribution in [-0.2, 0) is 28.6 Å². The Balaban J connectivity index is 1.78. The zero-order valence-corrected chi connectivity index (χ0v) is 27.1. The SMILES string of the molecule is CCCCCC1CCC(C(=O)OCC(COC(=O)CCCCBr)COC(=O)C2CCC(CCCCC)CC2)CC1. The summed E-state index contributed by atoms with van der Waals surface area (Å²) in [7, 11) is 0. The minimum Gasteiger partial charge on any atom is -0.465 e. The highest BCUT2D eigenvalue weighted by Crippen LogP contribution is 2.34. The van der Waals surface area contributed by atoms with Gasteiger partial charge in [0.15, 0.2) is 0 Å². The first kappa shape index (κ1) is 35.1. The van der Waals surface area contributed by atoms with Crippen LogP contribution in [0.25, 0.3) is 0 Å². The number of hydrogen-bond acceptors (Lipinski definition) is 6. The van der Waals surface area contributed by atoms with Gasteiger partial charge < -0.3 is 14.2 Å². The Labute approximate surface area is 252 Å². The molecule has 6 nitrogen and oxygen atoms in total. The molecule has 0 bridgehead atoms.